The predicted molar refractivity (Wildman–Crippen MR) is 76.4 cm³/mol. The topological polar surface area (TPSA) is 57.0 Å². The first kappa shape index (κ1) is 16.9. The molecule has 0 spiro atoms. The van der Waals surface area contributed by atoms with Crippen molar-refractivity contribution >= 4 is 0 Å². The van der Waals surface area contributed by atoms with E-state index in [0.29, 0.717) is 26.4 Å². The van der Waals surface area contributed by atoms with Crippen LogP contribution in [0, 0.1) is 0 Å². The van der Waals surface area contributed by atoms with Crippen LogP contribution in [0.2, 0.25) is 0 Å². The second-order valence-corrected chi connectivity index (χ2v) is 4.98. The van der Waals surface area contributed by atoms with Crippen LogP contribution in [0.15, 0.2) is 0 Å². The number of nitrogens with zero attached hydrogens (tertiary/aromatic N) is 1. The van der Waals surface area contributed by atoms with E-state index in [2.05, 4.69) is 4.90 Å². The predicted octanol–water partition coefficient (Wildman–Crippen LogP) is 0.869. The summed E-state index contributed by atoms with van der Waals surface area (Å²) in [6.45, 7) is 6.06. The number of methoxy groups -OCH3 is 1. The van der Waals surface area contributed by atoms with Gasteiger partial charge in [0.05, 0.1) is 33.0 Å². The molecule has 0 aromatic carbocycles. The first-order chi connectivity index (χ1) is 9.38. The van der Waals surface area contributed by atoms with Crippen molar-refractivity contribution in [3.8, 4) is 0 Å². The van der Waals surface area contributed by atoms with Crippen LogP contribution < -0.4 is 5.73 Å². The molecule has 19 heavy (non-hydrogen) atoms. The normalized spacial score (nSPS) is 16.6. The van der Waals surface area contributed by atoms with Crippen molar-refractivity contribution in [3.05, 3.63) is 0 Å². The lowest BCUT2D eigenvalue weighted by atomic mass is 10.2. The Bertz CT molecular complexity index is 199. The Morgan fingerprint density at radius 2 is 1.58 bits per heavy atom. The lowest BCUT2D eigenvalue weighted by Crippen LogP contribution is -2.39. The summed E-state index contributed by atoms with van der Waals surface area (Å²) < 4.78 is 15.8. The quantitative estimate of drug-likeness (QED) is 0.535. The lowest BCUT2D eigenvalue weighted by Gasteiger charge is -2.28. The van der Waals surface area contributed by atoms with Gasteiger partial charge in [-0.1, -0.05) is 12.8 Å². The van der Waals surface area contributed by atoms with Crippen LogP contribution in [-0.4, -0.2) is 70.7 Å². The van der Waals surface area contributed by atoms with E-state index in [-0.39, 0.29) is 0 Å². The summed E-state index contributed by atoms with van der Waals surface area (Å²) in [6.07, 6.45) is 5.36. The molecule has 0 unspecified atom stereocenters. The minimum atomic E-state index is 0.640. The number of nitrogens with two attached hydrogens (primary N) is 1. The fourth-order valence-corrected chi connectivity index (χ4v) is 2.56. The molecule has 0 amide bonds. The van der Waals surface area contributed by atoms with Gasteiger partial charge < -0.3 is 19.9 Å². The molecule has 0 aliphatic heterocycles. The van der Waals surface area contributed by atoms with Crippen LogP contribution in [0.25, 0.3) is 0 Å². The van der Waals surface area contributed by atoms with Gasteiger partial charge in [-0.3, -0.25) is 4.90 Å². The van der Waals surface area contributed by atoms with Crippen molar-refractivity contribution in [1.82, 2.24) is 4.90 Å². The van der Waals surface area contributed by atoms with Crippen LogP contribution >= 0.6 is 0 Å². The fraction of sp³-hybridized carbons (Fsp3) is 1.00. The van der Waals surface area contributed by atoms with Crippen molar-refractivity contribution in [2.45, 2.75) is 31.7 Å². The molecule has 5 nitrogen and oxygen atoms in total. The van der Waals surface area contributed by atoms with Crippen LogP contribution in [-0.2, 0) is 14.2 Å². The van der Waals surface area contributed by atoms with Gasteiger partial charge in [0.2, 0.25) is 0 Å². The first-order valence-corrected chi connectivity index (χ1v) is 7.47. The smallest absolute Gasteiger partial charge is 0.0701 e. The number of ether oxygens (including phenoxy) is 3. The molecular weight excluding hydrogens is 244 g/mol. The zero-order valence-corrected chi connectivity index (χ0v) is 12.3. The van der Waals surface area contributed by atoms with Crippen molar-refractivity contribution < 1.29 is 14.2 Å². The molecule has 5 heteroatoms. The van der Waals surface area contributed by atoms with E-state index in [0.717, 1.165) is 32.3 Å². The monoisotopic (exact) mass is 274 g/mol. The summed E-state index contributed by atoms with van der Waals surface area (Å²) in [4.78, 5) is 2.48. The van der Waals surface area contributed by atoms with Gasteiger partial charge in [0, 0.05) is 32.8 Å². The van der Waals surface area contributed by atoms with E-state index in [4.69, 9.17) is 19.9 Å². The van der Waals surface area contributed by atoms with E-state index < -0.39 is 0 Å². The van der Waals surface area contributed by atoms with Gasteiger partial charge in [0.15, 0.2) is 0 Å². The average molecular weight is 274 g/mol. The first-order valence-electron chi connectivity index (χ1n) is 7.47. The highest BCUT2D eigenvalue weighted by Gasteiger charge is 2.21. The highest BCUT2D eigenvalue weighted by Crippen LogP contribution is 2.22. The van der Waals surface area contributed by atoms with Gasteiger partial charge in [-0.25, -0.2) is 0 Å². The molecule has 1 aliphatic rings. The molecule has 114 valence electrons. The Hall–Kier alpha value is -0.200. The molecule has 0 bridgehead atoms. The van der Waals surface area contributed by atoms with Gasteiger partial charge >= 0.3 is 0 Å². The third kappa shape index (κ3) is 7.84. The Kier molecular flexibility index (Phi) is 10.3. The highest BCUT2D eigenvalue weighted by molar-refractivity contribution is 4.77. The standard InChI is InChI=1S/C14H30N2O3/c1-17-10-11-19-13-12-18-9-8-16(7-6-15)14-4-2-3-5-14/h14H,2-13,15H2,1H3. The van der Waals surface area contributed by atoms with Crippen molar-refractivity contribution in [1.29, 1.82) is 0 Å². The summed E-state index contributed by atoms with van der Waals surface area (Å²) in [5.74, 6) is 0. The van der Waals surface area contributed by atoms with Crippen molar-refractivity contribution in [3.63, 3.8) is 0 Å². The van der Waals surface area contributed by atoms with Gasteiger partial charge in [-0.15, -0.1) is 0 Å². The van der Waals surface area contributed by atoms with E-state index in [1.165, 1.54) is 25.7 Å². The zero-order chi connectivity index (χ0) is 13.8. The van der Waals surface area contributed by atoms with Gasteiger partial charge in [-0.05, 0) is 12.8 Å². The molecule has 0 atom stereocenters. The maximum absolute atomic E-state index is 5.68. The van der Waals surface area contributed by atoms with Gasteiger partial charge in [0.25, 0.3) is 0 Å². The van der Waals surface area contributed by atoms with E-state index >= 15 is 0 Å². The zero-order valence-electron chi connectivity index (χ0n) is 12.3. The van der Waals surface area contributed by atoms with Crippen LogP contribution in [0.3, 0.4) is 0 Å². The molecule has 1 rings (SSSR count). The lowest BCUT2D eigenvalue weighted by molar-refractivity contribution is 0.0169. The summed E-state index contributed by atoms with van der Waals surface area (Å²) in [5, 5.41) is 0. The molecule has 0 radical (unpaired) electrons. The maximum Gasteiger partial charge on any atom is 0.0701 e. The molecule has 0 aromatic rings. The van der Waals surface area contributed by atoms with Gasteiger partial charge in [-0.2, -0.15) is 0 Å². The Morgan fingerprint density at radius 3 is 2.21 bits per heavy atom. The van der Waals surface area contributed by atoms with Crippen molar-refractivity contribution in [2.24, 2.45) is 5.73 Å². The van der Waals surface area contributed by atoms with Crippen LogP contribution in [0.5, 0.6) is 0 Å². The van der Waals surface area contributed by atoms with Crippen LogP contribution in [0.1, 0.15) is 25.7 Å². The Balaban J connectivity index is 1.98. The molecule has 1 saturated carbocycles. The Morgan fingerprint density at radius 1 is 0.947 bits per heavy atom. The molecule has 1 fully saturated rings. The van der Waals surface area contributed by atoms with Crippen molar-refractivity contribution in [2.75, 3.05) is 59.8 Å². The molecule has 0 aromatic heterocycles. The summed E-state index contributed by atoms with van der Waals surface area (Å²) in [5.41, 5.74) is 5.68. The summed E-state index contributed by atoms with van der Waals surface area (Å²) in [6, 6.07) is 0.727. The third-order valence-electron chi connectivity index (χ3n) is 3.58. The second-order valence-electron chi connectivity index (χ2n) is 4.98. The summed E-state index contributed by atoms with van der Waals surface area (Å²) in [7, 11) is 1.68. The Labute approximate surface area is 117 Å². The molecule has 0 heterocycles. The minimum absolute atomic E-state index is 0.640. The SMILES string of the molecule is COCCOCCOCCN(CCN)C1CCCC1. The number of hydrogen-bond acceptors (Lipinski definition) is 5. The molecule has 1 aliphatic carbocycles. The molecule has 2 N–H and O–H groups in total. The third-order valence-corrected chi connectivity index (χ3v) is 3.58. The van der Waals surface area contributed by atoms with E-state index in [1.54, 1.807) is 7.11 Å². The minimum Gasteiger partial charge on any atom is -0.382 e. The molecular formula is C14H30N2O3. The van der Waals surface area contributed by atoms with E-state index in [9.17, 15) is 0 Å². The molecule has 0 saturated heterocycles. The van der Waals surface area contributed by atoms with E-state index in [1.807, 2.05) is 0 Å². The fourth-order valence-electron chi connectivity index (χ4n) is 2.56. The second kappa shape index (κ2) is 11.6. The highest BCUT2D eigenvalue weighted by atomic mass is 16.5. The average Bonchev–Trinajstić information content (AvgIpc) is 2.94. The largest absolute Gasteiger partial charge is 0.382 e. The van der Waals surface area contributed by atoms with Gasteiger partial charge in [0.1, 0.15) is 0 Å². The van der Waals surface area contributed by atoms with Crippen LogP contribution in [0.4, 0.5) is 0 Å². The number of hydrogen-bond donors (Lipinski definition) is 1. The number of rotatable bonds is 12. The maximum atomic E-state index is 5.68. The summed E-state index contributed by atoms with van der Waals surface area (Å²) >= 11 is 0.